The van der Waals surface area contributed by atoms with Crippen LogP contribution in [0.15, 0.2) is 18.2 Å². The Morgan fingerprint density at radius 1 is 1.41 bits per heavy atom. The van der Waals surface area contributed by atoms with E-state index in [0.717, 1.165) is 17.7 Å². The molecular formula is C14H21FN2. The zero-order valence-electron chi connectivity index (χ0n) is 10.7. The van der Waals surface area contributed by atoms with Crippen molar-refractivity contribution in [3.8, 4) is 0 Å². The molecule has 2 rings (SSSR count). The van der Waals surface area contributed by atoms with Crippen molar-refractivity contribution in [1.29, 1.82) is 0 Å². The molecule has 2 nitrogen and oxygen atoms in total. The minimum Gasteiger partial charge on any atom is -0.326 e. The molecular weight excluding hydrogens is 215 g/mol. The number of hydrogen-bond acceptors (Lipinski definition) is 2. The molecule has 0 aromatic heterocycles. The number of likely N-dealkylation sites (tertiary alicyclic amines) is 1. The predicted molar refractivity (Wildman–Crippen MR) is 68.0 cm³/mol. The average Bonchev–Trinajstić information content (AvgIpc) is 2.61. The topological polar surface area (TPSA) is 29.3 Å². The molecule has 0 unspecified atom stereocenters. The fourth-order valence-corrected chi connectivity index (χ4v) is 2.51. The number of nitrogens with two attached hydrogens (primary N) is 1. The zero-order chi connectivity index (χ0) is 12.5. The number of halogens is 1. The van der Waals surface area contributed by atoms with Gasteiger partial charge in [-0.2, -0.15) is 0 Å². The highest BCUT2D eigenvalue weighted by atomic mass is 19.1. The fourth-order valence-electron chi connectivity index (χ4n) is 2.51. The summed E-state index contributed by atoms with van der Waals surface area (Å²) in [5.41, 5.74) is 7.32. The van der Waals surface area contributed by atoms with Crippen molar-refractivity contribution in [1.82, 2.24) is 4.90 Å². The summed E-state index contributed by atoms with van der Waals surface area (Å²) < 4.78 is 13.9. The molecule has 3 heteroatoms. The summed E-state index contributed by atoms with van der Waals surface area (Å²) in [5.74, 6) is -0.129. The van der Waals surface area contributed by atoms with Crippen LogP contribution in [-0.2, 0) is 13.1 Å². The Morgan fingerprint density at radius 2 is 2.18 bits per heavy atom. The van der Waals surface area contributed by atoms with E-state index in [4.69, 9.17) is 5.73 Å². The maximum Gasteiger partial charge on any atom is 0.128 e. The normalized spacial score (nSPS) is 19.8. The van der Waals surface area contributed by atoms with Gasteiger partial charge >= 0.3 is 0 Å². The van der Waals surface area contributed by atoms with Crippen LogP contribution in [0.4, 0.5) is 4.39 Å². The second-order valence-corrected chi connectivity index (χ2v) is 5.47. The number of benzene rings is 1. The summed E-state index contributed by atoms with van der Waals surface area (Å²) in [6, 6.07) is 5.34. The van der Waals surface area contributed by atoms with E-state index in [1.165, 1.54) is 12.8 Å². The minimum absolute atomic E-state index is 0.129. The van der Waals surface area contributed by atoms with Gasteiger partial charge in [0.05, 0.1) is 0 Å². The SMILES string of the molecule is CC1(C)CCCN1Cc1ccc(CN)cc1F. The van der Waals surface area contributed by atoms with E-state index >= 15 is 0 Å². The Labute approximate surface area is 103 Å². The summed E-state index contributed by atoms with van der Waals surface area (Å²) >= 11 is 0. The lowest BCUT2D eigenvalue weighted by atomic mass is 10.0. The second-order valence-electron chi connectivity index (χ2n) is 5.47. The average molecular weight is 236 g/mol. The summed E-state index contributed by atoms with van der Waals surface area (Å²) in [7, 11) is 0. The van der Waals surface area contributed by atoms with Crippen LogP contribution in [0.1, 0.15) is 37.8 Å². The first kappa shape index (κ1) is 12.5. The van der Waals surface area contributed by atoms with Gasteiger partial charge in [-0.05, 0) is 44.9 Å². The Hall–Kier alpha value is -0.930. The quantitative estimate of drug-likeness (QED) is 0.874. The van der Waals surface area contributed by atoms with Crippen molar-refractivity contribution in [3.05, 3.63) is 35.1 Å². The molecule has 0 bridgehead atoms. The molecule has 1 aliphatic rings. The molecule has 1 fully saturated rings. The summed E-state index contributed by atoms with van der Waals surface area (Å²) in [6.45, 7) is 6.61. The van der Waals surface area contributed by atoms with Crippen LogP contribution in [0, 0.1) is 5.82 Å². The molecule has 17 heavy (non-hydrogen) atoms. The van der Waals surface area contributed by atoms with Gasteiger partial charge in [-0.25, -0.2) is 4.39 Å². The summed E-state index contributed by atoms with van der Waals surface area (Å²) in [5, 5.41) is 0. The molecule has 0 saturated carbocycles. The molecule has 0 spiro atoms. The van der Waals surface area contributed by atoms with Crippen LogP contribution in [0.25, 0.3) is 0 Å². The molecule has 0 atom stereocenters. The molecule has 0 amide bonds. The van der Waals surface area contributed by atoms with Crippen molar-refractivity contribution in [2.45, 2.75) is 45.3 Å². The van der Waals surface area contributed by atoms with Gasteiger partial charge in [0.2, 0.25) is 0 Å². The third-order valence-corrected chi connectivity index (χ3v) is 3.79. The smallest absolute Gasteiger partial charge is 0.128 e. The lowest BCUT2D eigenvalue weighted by Crippen LogP contribution is -2.37. The molecule has 1 heterocycles. The molecule has 0 aliphatic carbocycles. The van der Waals surface area contributed by atoms with Gasteiger partial charge in [-0.3, -0.25) is 4.90 Å². The lowest BCUT2D eigenvalue weighted by molar-refractivity contribution is 0.164. The van der Waals surface area contributed by atoms with Gasteiger partial charge in [0.15, 0.2) is 0 Å². The highest BCUT2D eigenvalue weighted by Gasteiger charge is 2.31. The Morgan fingerprint density at radius 3 is 2.71 bits per heavy atom. The van der Waals surface area contributed by atoms with Gasteiger partial charge in [-0.1, -0.05) is 12.1 Å². The van der Waals surface area contributed by atoms with E-state index in [0.29, 0.717) is 13.1 Å². The highest BCUT2D eigenvalue weighted by molar-refractivity contribution is 5.24. The number of nitrogens with zero attached hydrogens (tertiary/aromatic N) is 1. The molecule has 0 radical (unpaired) electrons. The van der Waals surface area contributed by atoms with Crippen LogP contribution in [0.2, 0.25) is 0 Å². The third kappa shape index (κ3) is 2.67. The third-order valence-electron chi connectivity index (χ3n) is 3.79. The molecule has 1 aromatic carbocycles. The van der Waals surface area contributed by atoms with Gasteiger partial charge in [0, 0.05) is 24.2 Å². The number of hydrogen-bond donors (Lipinski definition) is 1. The van der Waals surface area contributed by atoms with Gasteiger partial charge in [-0.15, -0.1) is 0 Å². The molecule has 1 aromatic rings. The van der Waals surface area contributed by atoms with Crippen LogP contribution in [0.3, 0.4) is 0 Å². The lowest BCUT2D eigenvalue weighted by Gasteiger charge is -2.31. The standard InChI is InChI=1S/C14H21FN2/c1-14(2)6-3-7-17(14)10-12-5-4-11(9-16)8-13(12)15/h4-5,8H,3,6-7,9-10,16H2,1-2H3. The molecule has 1 saturated heterocycles. The molecule has 94 valence electrons. The minimum atomic E-state index is -0.129. The first-order valence-corrected chi connectivity index (χ1v) is 6.25. The Bertz CT molecular complexity index is 401. The van der Waals surface area contributed by atoms with E-state index in [1.54, 1.807) is 6.07 Å². The van der Waals surface area contributed by atoms with Crippen LogP contribution in [0.5, 0.6) is 0 Å². The monoisotopic (exact) mass is 236 g/mol. The van der Waals surface area contributed by atoms with E-state index in [2.05, 4.69) is 18.7 Å². The van der Waals surface area contributed by atoms with Gasteiger partial charge in [0.1, 0.15) is 5.82 Å². The van der Waals surface area contributed by atoms with Crippen molar-refractivity contribution >= 4 is 0 Å². The largest absolute Gasteiger partial charge is 0.326 e. The van der Waals surface area contributed by atoms with Crippen LogP contribution < -0.4 is 5.73 Å². The first-order chi connectivity index (χ1) is 8.03. The maximum absolute atomic E-state index is 13.9. The zero-order valence-corrected chi connectivity index (χ0v) is 10.7. The van der Waals surface area contributed by atoms with E-state index < -0.39 is 0 Å². The van der Waals surface area contributed by atoms with Gasteiger partial charge < -0.3 is 5.73 Å². The van der Waals surface area contributed by atoms with Crippen LogP contribution >= 0.6 is 0 Å². The van der Waals surface area contributed by atoms with E-state index in [1.807, 2.05) is 12.1 Å². The van der Waals surface area contributed by atoms with Crippen molar-refractivity contribution in [2.24, 2.45) is 5.73 Å². The van der Waals surface area contributed by atoms with Gasteiger partial charge in [0.25, 0.3) is 0 Å². The summed E-state index contributed by atoms with van der Waals surface area (Å²) in [6.07, 6.45) is 2.39. The van der Waals surface area contributed by atoms with E-state index in [9.17, 15) is 4.39 Å². The summed E-state index contributed by atoms with van der Waals surface area (Å²) in [4.78, 5) is 2.35. The van der Waals surface area contributed by atoms with Crippen molar-refractivity contribution in [3.63, 3.8) is 0 Å². The Balaban J connectivity index is 2.13. The van der Waals surface area contributed by atoms with Crippen molar-refractivity contribution < 1.29 is 4.39 Å². The molecule has 2 N–H and O–H groups in total. The van der Waals surface area contributed by atoms with E-state index in [-0.39, 0.29) is 11.4 Å². The van der Waals surface area contributed by atoms with Crippen molar-refractivity contribution in [2.75, 3.05) is 6.54 Å². The second kappa shape index (κ2) is 4.75. The fraction of sp³-hybridized carbons (Fsp3) is 0.571. The predicted octanol–water partition coefficient (Wildman–Crippen LogP) is 2.66. The maximum atomic E-state index is 13.9. The number of rotatable bonds is 3. The molecule has 1 aliphatic heterocycles. The van der Waals surface area contributed by atoms with Crippen LogP contribution in [-0.4, -0.2) is 17.0 Å². The highest BCUT2D eigenvalue weighted by Crippen LogP contribution is 2.30. The first-order valence-electron chi connectivity index (χ1n) is 6.25. The Kier molecular flexibility index (Phi) is 3.50.